The Morgan fingerprint density at radius 2 is 2.09 bits per heavy atom. The van der Waals surface area contributed by atoms with E-state index in [9.17, 15) is 14.9 Å². The number of carbonyl (C=O) groups is 1. The van der Waals surface area contributed by atoms with Crippen LogP contribution in [0.15, 0.2) is 18.3 Å². The van der Waals surface area contributed by atoms with Crippen molar-refractivity contribution in [2.24, 2.45) is 0 Å². The molecule has 1 aromatic heterocycles. The van der Waals surface area contributed by atoms with Crippen molar-refractivity contribution in [3.8, 4) is 0 Å². The van der Waals surface area contributed by atoms with Crippen molar-refractivity contribution < 1.29 is 14.5 Å². The van der Waals surface area contributed by atoms with Crippen LogP contribution in [0.5, 0.6) is 0 Å². The number of aromatic nitrogens is 1. The average molecular weight is 306 g/mol. The first-order valence-corrected chi connectivity index (χ1v) is 7.40. The average Bonchev–Trinajstić information content (AvgIpc) is 3.04. The molecule has 2 fully saturated rings. The first-order valence-electron chi connectivity index (χ1n) is 7.40. The fraction of sp³-hybridized carbons (Fsp3) is 0.571. The third kappa shape index (κ3) is 2.87. The number of nitro groups is 1. The Bertz CT molecular complexity index is 556. The van der Waals surface area contributed by atoms with Gasteiger partial charge < -0.3 is 14.5 Å². The minimum absolute atomic E-state index is 0.0426. The monoisotopic (exact) mass is 306 g/mol. The number of amides is 1. The Balaban J connectivity index is 1.74. The molecule has 1 amide bonds. The van der Waals surface area contributed by atoms with Gasteiger partial charge in [0.25, 0.3) is 5.69 Å². The molecule has 22 heavy (non-hydrogen) atoms. The summed E-state index contributed by atoms with van der Waals surface area (Å²) in [5.41, 5.74) is -0.0426. The second kappa shape index (κ2) is 6.27. The normalized spacial score (nSPS) is 21.9. The summed E-state index contributed by atoms with van der Waals surface area (Å²) in [7, 11) is 0. The largest absolute Gasteiger partial charge is 0.378 e. The summed E-state index contributed by atoms with van der Waals surface area (Å²) in [5, 5.41) is 10.7. The highest BCUT2D eigenvalue weighted by Crippen LogP contribution is 2.26. The van der Waals surface area contributed by atoms with Gasteiger partial charge in [0.1, 0.15) is 18.1 Å². The number of morpholine rings is 1. The van der Waals surface area contributed by atoms with Crippen molar-refractivity contribution in [3.63, 3.8) is 0 Å². The van der Waals surface area contributed by atoms with Crippen molar-refractivity contribution in [1.82, 2.24) is 9.88 Å². The lowest BCUT2D eigenvalue weighted by molar-refractivity contribution is -0.385. The molecule has 2 aliphatic heterocycles. The van der Waals surface area contributed by atoms with Gasteiger partial charge in [-0.3, -0.25) is 14.9 Å². The van der Waals surface area contributed by atoms with Crippen LogP contribution in [0.3, 0.4) is 0 Å². The van der Waals surface area contributed by atoms with Gasteiger partial charge in [-0.2, -0.15) is 0 Å². The number of hydrogen-bond acceptors (Lipinski definition) is 6. The Morgan fingerprint density at radius 1 is 1.32 bits per heavy atom. The van der Waals surface area contributed by atoms with E-state index in [0.29, 0.717) is 32.1 Å². The number of pyridine rings is 1. The molecule has 0 saturated carbocycles. The zero-order valence-electron chi connectivity index (χ0n) is 12.2. The zero-order chi connectivity index (χ0) is 15.5. The predicted octanol–water partition coefficient (Wildman–Crippen LogP) is 0.817. The van der Waals surface area contributed by atoms with Crippen LogP contribution in [0.25, 0.3) is 0 Å². The molecule has 2 saturated heterocycles. The van der Waals surface area contributed by atoms with E-state index in [4.69, 9.17) is 4.74 Å². The lowest BCUT2D eigenvalue weighted by atomic mass is 10.2. The SMILES string of the molecule is O=C(C1CCCN1c1ccc([N+](=O)[O-])cn1)N1CCOCC1. The van der Waals surface area contributed by atoms with E-state index < -0.39 is 4.92 Å². The highest BCUT2D eigenvalue weighted by molar-refractivity contribution is 5.85. The summed E-state index contributed by atoms with van der Waals surface area (Å²) in [5.74, 6) is 0.718. The number of nitrogens with zero attached hydrogens (tertiary/aromatic N) is 4. The number of hydrogen-bond donors (Lipinski definition) is 0. The van der Waals surface area contributed by atoms with E-state index in [1.165, 1.54) is 12.3 Å². The second-order valence-electron chi connectivity index (χ2n) is 5.42. The molecule has 1 aromatic rings. The quantitative estimate of drug-likeness (QED) is 0.606. The lowest BCUT2D eigenvalue weighted by Crippen LogP contribution is -2.50. The minimum atomic E-state index is -0.475. The third-order valence-corrected chi connectivity index (χ3v) is 4.10. The van der Waals surface area contributed by atoms with Gasteiger partial charge in [-0.25, -0.2) is 4.98 Å². The van der Waals surface area contributed by atoms with Gasteiger partial charge in [0, 0.05) is 25.7 Å². The maximum atomic E-state index is 12.7. The van der Waals surface area contributed by atoms with Gasteiger partial charge >= 0.3 is 0 Å². The molecule has 1 unspecified atom stereocenters. The number of ether oxygens (including phenoxy) is 1. The Labute approximate surface area is 127 Å². The van der Waals surface area contributed by atoms with Gasteiger partial charge in [0.2, 0.25) is 5.91 Å². The molecule has 3 rings (SSSR count). The molecule has 0 spiro atoms. The van der Waals surface area contributed by atoms with Crippen LogP contribution in [0.1, 0.15) is 12.8 Å². The maximum Gasteiger partial charge on any atom is 0.287 e. The molecule has 0 aliphatic carbocycles. The molecule has 8 nitrogen and oxygen atoms in total. The van der Waals surface area contributed by atoms with Crippen LogP contribution in [0.4, 0.5) is 11.5 Å². The van der Waals surface area contributed by atoms with Gasteiger partial charge in [0.05, 0.1) is 18.1 Å². The summed E-state index contributed by atoms with van der Waals surface area (Å²) in [6.45, 7) is 3.14. The van der Waals surface area contributed by atoms with Crippen LogP contribution in [-0.4, -0.2) is 59.6 Å². The molecule has 0 N–H and O–H groups in total. The van der Waals surface area contributed by atoms with E-state index in [1.54, 1.807) is 6.07 Å². The summed E-state index contributed by atoms with van der Waals surface area (Å²) < 4.78 is 5.28. The van der Waals surface area contributed by atoms with Crippen molar-refractivity contribution in [1.29, 1.82) is 0 Å². The van der Waals surface area contributed by atoms with E-state index >= 15 is 0 Å². The molecular formula is C14H18N4O4. The topological polar surface area (TPSA) is 88.8 Å². The predicted molar refractivity (Wildman–Crippen MR) is 78.7 cm³/mol. The molecule has 0 radical (unpaired) electrons. The van der Waals surface area contributed by atoms with E-state index in [-0.39, 0.29) is 17.6 Å². The van der Waals surface area contributed by atoms with Crippen LogP contribution in [-0.2, 0) is 9.53 Å². The first kappa shape index (κ1) is 14.7. The summed E-state index contributed by atoms with van der Waals surface area (Å²) >= 11 is 0. The van der Waals surface area contributed by atoms with Crippen molar-refractivity contribution >= 4 is 17.4 Å². The summed E-state index contributed by atoms with van der Waals surface area (Å²) in [4.78, 5) is 30.8. The standard InChI is InChI=1S/C14H18N4O4/c19-14(16-6-8-22-9-7-16)12-2-1-5-17(12)13-4-3-11(10-15-13)18(20)21/h3-4,10,12H,1-2,5-9H2. The first-order chi connectivity index (χ1) is 10.7. The van der Waals surface area contributed by atoms with Crippen LogP contribution >= 0.6 is 0 Å². The van der Waals surface area contributed by atoms with Crippen molar-refractivity contribution in [2.75, 3.05) is 37.7 Å². The van der Waals surface area contributed by atoms with E-state index in [2.05, 4.69) is 4.98 Å². The van der Waals surface area contributed by atoms with Gasteiger partial charge in [0.15, 0.2) is 0 Å². The Hall–Kier alpha value is -2.22. The van der Waals surface area contributed by atoms with E-state index in [1.807, 2.05) is 9.80 Å². The lowest BCUT2D eigenvalue weighted by Gasteiger charge is -2.32. The van der Waals surface area contributed by atoms with Crippen molar-refractivity contribution in [3.05, 3.63) is 28.4 Å². The van der Waals surface area contributed by atoms with Crippen LogP contribution in [0.2, 0.25) is 0 Å². The fourth-order valence-electron chi connectivity index (χ4n) is 2.95. The second-order valence-corrected chi connectivity index (χ2v) is 5.42. The molecular weight excluding hydrogens is 288 g/mol. The highest BCUT2D eigenvalue weighted by atomic mass is 16.6. The third-order valence-electron chi connectivity index (χ3n) is 4.10. The highest BCUT2D eigenvalue weighted by Gasteiger charge is 2.35. The molecule has 2 aliphatic rings. The number of rotatable bonds is 3. The van der Waals surface area contributed by atoms with Gasteiger partial charge in [-0.05, 0) is 18.9 Å². The van der Waals surface area contributed by atoms with Crippen molar-refractivity contribution in [2.45, 2.75) is 18.9 Å². The molecule has 8 heteroatoms. The summed E-state index contributed by atoms with van der Waals surface area (Å²) in [6.07, 6.45) is 2.94. The Kier molecular flexibility index (Phi) is 4.19. The molecule has 0 bridgehead atoms. The van der Waals surface area contributed by atoms with Gasteiger partial charge in [-0.1, -0.05) is 0 Å². The summed E-state index contributed by atoms with van der Waals surface area (Å²) in [6, 6.07) is 2.81. The number of anilines is 1. The number of carbonyl (C=O) groups excluding carboxylic acids is 1. The molecule has 118 valence electrons. The minimum Gasteiger partial charge on any atom is -0.378 e. The van der Waals surface area contributed by atoms with Crippen LogP contribution < -0.4 is 4.90 Å². The smallest absolute Gasteiger partial charge is 0.287 e. The fourth-order valence-corrected chi connectivity index (χ4v) is 2.95. The van der Waals surface area contributed by atoms with Gasteiger partial charge in [-0.15, -0.1) is 0 Å². The Morgan fingerprint density at radius 3 is 2.73 bits per heavy atom. The van der Waals surface area contributed by atoms with Crippen LogP contribution in [0, 0.1) is 10.1 Å². The molecule has 3 heterocycles. The zero-order valence-corrected chi connectivity index (χ0v) is 12.2. The maximum absolute atomic E-state index is 12.7. The molecule has 1 atom stereocenters. The van der Waals surface area contributed by atoms with E-state index in [0.717, 1.165) is 19.4 Å². The molecule has 0 aromatic carbocycles.